The van der Waals surface area contributed by atoms with Crippen molar-refractivity contribution in [1.82, 2.24) is 10.3 Å². The molecule has 4 nitrogen and oxygen atoms in total. The van der Waals surface area contributed by atoms with Gasteiger partial charge in [0.25, 0.3) is 5.91 Å². The molecule has 0 radical (unpaired) electrons. The van der Waals surface area contributed by atoms with E-state index in [1.54, 1.807) is 23.6 Å². The number of aliphatic hydroxyl groups is 1. The Morgan fingerprint density at radius 2 is 2.24 bits per heavy atom. The van der Waals surface area contributed by atoms with Crippen molar-refractivity contribution < 1.29 is 14.3 Å². The Morgan fingerprint density at radius 3 is 2.90 bits per heavy atom. The van der Waals surface area contributed by atoms with Crippen LogP contribution in [0.5, 0.6) is 0 Å². The van der Waals surface area contributed by atoms with Crippen molar-refractivity contribution in [2.45, 2.75) is 25.8 Å². The van der Waals surface area contributed by atoms with Crippen LogP contribution in [0.4, 0.5) is 4.39 Å². The summed E-state index contributed by atoms with van der Waals surface area (Å²) in [5, 5.41) is 14.1. The second-order valence-corrected chi connectivity index (χ2v) is 5.60. The molecule has 0 bridgehead atoms. The first-order valence-electron chi connectivity index (χ1n) is 6.73. The second kappa shape index (κ2) is 7.28. The number of hydrogen-bond donors (Lipinski definition) is 2. The molecule has 0 aliphatic rings. The molecular weight excluding hydrogens is 291 g/mol. The molecule has 1 amide bonds. The van der Waals surface area contributed by atoms with Gasteiger partial charge in [-0.1, -0.05) is 25.1 Å². The van der Waals surface area contributed by atoms with Gasteiger partial charge in [0.15, 0.2) is 0 Å². The number of halogens is 1. The lowest BCUT2D eigenvalue weighted by molar-refractivity contribution is 0.0910. The highest BCUT2D eigenvalue weighted by atomic mass is 32.1. The highest BCUT2D eigenvalue weighted by Crippen LogP contribution is 2.17. The van der Waals surface area contributed by atoms with E-state index in [2.05, 4.69) is 10.3 Å². The Balaban J connectivity index is 2.04. The molecule has 6 heteroatoms. The topological polar surface area (TPSA) is 62.2 Å². The van der Waals surface area contributed by atoms with Crippen LogP contribution in [0.2, 0.25) is 0 Å². The Bertz CT molecular complexity index is 611. The molecule has 0 saturated heterocycles. The summed E-state index contributed by atoms with van der Waals surface area (Å²) in [4.78, 5) is 16.2. The number of nitrogens with one attached hydrogen (secondary N) is 1. The van der Waals surface area contributed by atoms with Gasteiger partial charge in [0.1, 0.15) is 11.5 Å². The minimum Gasteiger partial charge on any atom is -0.394 e. The van der Waals surface area contributed by atoms with Gasteiger partial charge in [-0.2, -0.15) is 0 Å². The fourth-order valence-electron chi connectivity index (χ4n) is 1.84. The van der Waals surface area contributed by atoms with E-state index in [1.165, 1.54) is 17.4 Å². The second-order valence-electron chi connectivity index (χ2n) is 4.66. The lowest BCUT2D eigenvalue weighted by Gasteiger charge is -2.12. The lowest BCUT2D eigenvalue weighted by Crippen LogP contribution is -2.37. The third kappa shape index (κ3) is 4.09. The number of nitrogens with zero attached hydrogens (tertiary/aromatic N) is 1. The minimum absolute atomic E-state index is 0.103. The van der Waals surface area contributed by atoms with Crippen molar-refractivity contribution in [3.05, 3.63) is 51.7 Å². The van der Waals surface area contributed by atoms with Crippen molar-refractivity contribution in [1.29, 1.82) is 0 Å². The maximum absolute atomic E-state index is 13.6. The van der Waals surface area contributed by atoms with Gasteiger partial charge >= 0.3 is 0 Å². The van der Waals surface area contributed by atoms with Gasteiger partial charge in [0, 0.05) is 11.8 Å². The Hall–Kier alpha value is -1.79. The number of thiazole rings is 1. The summed E-state index contributed by atoms with van der Waals surface area (Å²) in [5.74, 6) is -0.586. The molecule has 0 aliphatic carbocycles. The highest BCUT2D eigenvalue weighted by molar-refractivity contribution is 7.09. The van der Waals surface area contributed by atoms with Crippen LogP contribution < -0.4 is 5.32 Å². The first kappa shape index (κ1) is 15.6. The number of hydrogen-bond acceptors (Lipinski definition) is 4. The molecular formula is C15H17FN2O2S. The molecule has 2 rings (SSSR count). The third-order valence-corrected chi connectivity index (χ3v) is 3.98. The molecule has 1 aromatic carbocycles. The molecule has 1 aromatic heterocycles. The van der Waals surface area contributed by atoms with Gasteiger partial charge in [0.2, 0.25) is 0 Å². The number of carbonyl (C=O) groups is 1. The Labute approximate surface area is 126 Å². The fourth-order valence-corrected chi connectivity index (χ4v) is 2.63. The molecule has 112 valence electrons. The highest BCUT2D eigenvalue weighted by Gasteiger charge is 2.15. The number of aliphatic hydroxyl groups excluding tert-OH is 1. The van der Waals surface area contributed by atoms with E-state index in [9.17, 15) is 9.18 Å². The third-order valence-electron chi connectivity index (χ3n) is 3.13. The van der Waals surface area contributed by atoms with E-state index < -0.39 is 0 Å². The van der Waals surface area contributed by atoms with Crippen LogP contribution in [0.15, 0.2) is 29.6 Å². The molecule has 21 heavy (non-hydrogen) atoms. The summed E-state index contributed by atoms with van der Waals surface area (Å²) < 4.78 is 13.6. The molecule has 0 spiro atoms. The molecule has 2 N–H and O–H groups in total. The minimum atomic E-state index is -0.313. The fraction of sp³-hybridized carbons (Fsp3) is 0.333. The van der Waals surface area contributed by atoms with Crippen LogP contribution in [0.3, 0.4) is 0 Å². The first-order valence-corrected chi connectivity index (χ1v) is 7.61. The van der Waals surface area contributed by atoms with Crippen LogP contribution in [0, 0.1) is 5.82 Å². The molecule has 1 heterocycles. The quantitative estimate of drug-likeness (QED) is 0.861. The van der Waals surface area contributed by atoms with E-state index in [-0.39, 0.29) is 24.4 Å². The van der Waals surface area contributed by atoms with Crippen LogP contribution in [0.25, 0.3) is 0 Å². The van der Waals surface area contributed by atoms with E-state index in [0.717, 1.165) is 0 Å². The summed E-state index contributed by atoms with van der Waals surface area (Å²) in [5.41, 5.74) is 0.860. The number of rotatable bonds is 6. The average molecular weight is 308 g/mol. The van der Waals surface area contributed by atoms with Crippen molar-refractivity contribution in [2.75, 3.05) is 6.61 Å². The van der Waals surface area contributed by atoms with E-state index >= 15 is 0 Å². The zero-order valence-corrected chi connectivity index (χ0v) is 12.5. The summed E-state index contributed by atoms with van der Waals surface area (Å²) in [6.07, 6.45) is 1.01. The van der Waals surface area contributed by atoms with E-state index in [0.29, 0.717) is 29.1 Å². The van der Waals surface area contributed by atoms with Crippen LogP contribution in [-0.2, 0) is 6.42 Å². The zero-order valence-electron chi connectivity index (χ0n) is 11.7. The molecule has 1 unspecified atom stereocenters. The number of carbonyl (C=O) groups excluding carboxylic acids is 1. The predicted molar refractivity (Wildman–Crippen MR) is 80.0 cm³/mol. The summed E-state index contributed by atoms with van der Waals surface area (Å²) in [7, 11) is 0. The monoisotopic (exact) mass is 308 g/mol. The number of aromatic nitrogens is 1. The SMILES string of the molecule is CCC(CO)NC(=O)c1csc(Cc2ccccc2F)n1. The maximum atomic E-state index is 13.6. The van der Waals surface area contributed by atoms with Crippen LogP contribution >= 0.6 is 11.3 Å². The van der Waals surface area contributed by atoms with Gasteiger partial charge in [-0.3, -0.25) is 4.79 Å². The summed E-state index contributed by atoms with van der Waals surface area (Å²) >= 11 is 1.32. The number of benzene rings is 1. The average Bonchev–Trinajstić information content (AvgIpc) is 2.95. The van der Waals surface area contributed by atoms with Crippen molar-refractivity contribution in [2.24, 2.45) is 0 Å². The molecule has 0 aliphatic heterocycles. The molecule has 0 saturated carbocycles. The Morgan fingerprint density at radius 1 is 1.48 bits per heavy atom. The standard InChI is InChI=1S/C15H17FN2O2S/c1-2-11(8-19)17-15(20)13-9-21-14(18-13)7-10-5-3-4-6-12(10)16/h3-6,9,11,19H,2,7-8H2,1H3,(H,17,20). The maximum Gasteiger partial charge on any atom is 0.271 e. The van der Waals surface area contributed by atoms with Gasteiger partial charge in [-0.05, 0) is 18.1 Å². The van der Waals surface area contributed by atoms with Crippen molar-refractivity contribution in [3.8, 4) is 0 Å². The van der Waals surface area contributed by atoms with E-state index in [4.69, 9.17) is 5.11 Å². The summed E-state index contributed by atoms with van der Waals surface area (Å²) in [6.45, 7) is 1.78. The molecule has 2 aromatic rings. The predicted octanol–water partition coefficient (Wildman–Crippen LogP) is 2.37. The lowest BCUT2D eigenvalue weighted by atomic mass is 10.1. The summed E-state index contributed by atoms with van der Waals surface area (Å²) in [6, 6.07) is 6.25. The largest absolute Gasteiger partial charge is 0.394 e. The molecule has 1 atom stereocenters. The zero-order chi connectivity index (χ0) is 15.2. The van der Waals surface area contributed by atoms with Crippen LogP contribution in [0.1, 0.15) is 34.4 Å². The van der Waals surface area contributed by atoms with Gasteiger partial charge in [-0.15, -0.1) is 11.3 Å². The number of amides is 1. The van der Waals surface area contributed by atoms with E-state index in [1.807, 2.05) is 6.92 Å². The first-order chi connectivity index (χ1) is 10.1. The van der Waals surface area contributed by atoms with Gasteiger partial charge in [-0.25, -0.2) is 9.37 Å². The molecule has 0 fully saturated rings. The normalized spacial score (nSPS) is 12.1. The van der Waals surface area contributed by atoms with Crippen molar-refractivity contribution >= 4 is 17.2 Å². The van der Waals surface area contributed by atoms with Crippen LogP contribution in [-0.4, -0.2) is 28.6 Å². The van der Waals surface area contributed by atoms with Crippen molar-refractivity contribution in [3.63, 3.8) is 0 Å². The van der Waals surface area contributed by atoms with Gasteiger partial charge < -0.3 is 10.4 Å². The smallest absolute Gasteiger partial charge is 0.271 e. The van der Waals surface area contributed by atoms with Gasteiger partial charge in [0.05, 0.1) is 17.7 Å². The Kier molecular flexibility index (Phi) is 5.41.